The second-order valence-electron chi connectivity index (χ2n) is 3.91. The summed E-state index contributed by atoms with van der Waals surface area (Å²) in [6.45, 7) is 1.94. The molecule has 0 aromatic carbocycles. The molecule has 1 aliphatic heterocycles. The molecule has 1 fully saturated rings. The third-order valence-corrected chi connectivity index (χ3v) is 4.97. The third-order valence-electron chi connectivity index (χ3n) is 2.24. The normalized spacial score (nSPS) is 30.0. The lowest BCUT2D eigenvalue weighted by Gasteiger charge is -2.16. The molecule has 0 aromatic heterocycles. The van der Waals surface area contributed by atoms with E-state index in [2.05, 4.69) is 5.32 Å². The average molecular weight is 239 g/mol. The van der Waals surface area contributed by atoms with E-state index < -0.39 is 20.6 Å². The maximum absolute atomic E-state index is 11.1. The molecule has 0 saturated carbocycles. The summed E-state index contributed by atoms with van der Waals surface area (Å²) in [6, 6.07) is 0.178. The second-order valence-corrected chi connectivity index (χ2v) is 7.62. The van der Waals surface area contributed by atoms with Crippen molar-refractivity contribution in [2.24, 2.45) is 0 Å². The summed E-state index contributed by atoms with van der Waals surface area (Å²) in [5, 5.41) is 3.19. The minimum atomic E-state index is -2.81. The molecule has 0 radical (unpaired) electrons. The number of hydrogen-bond acceptors (Lipinski definition) is 4. The van der Waals surface area contributed by atoms with Gasteiger partial charge in [-0.25, -0.2) is 8.42 Å². The van der Waals surface area contributed by atoms with E-state index in [-0.39, 0.29) is 23.6 Å². The first-order valence-corrected chi connectivity index (χ1v) is 8.20. The predicted molar refractivity (Wildman–Crippen MR) is 58.6 cm³/mol. The van der Waals surface area contributed by atoms with Crippen LogP contribution in [0.15, 0.2) is 0 Å². The minimum Gasteiger partial charge on any atom is -0.310 e. The molecule has 0 bridgehead atoms. The minimum absolute atomic E-state index is 0.0542. The van der Waals surface area contributed by atoms with Gasteiger partial charge in [-0.05, 0) is 13.3 Å². The zero-order valence-corrected chi connectivity index (χ0v) is 10.2. The van der Waals surface area contributed by atoms with Crippen molar-refractivity contribution in [2.45, 2.75) is 25.4 Å². The molecular weight excluding hydrogens is 222 g/mol. The highest BCUT2D eigenvalue weighted by Crippen LogP contribution is 2.11. The van der Waals surface area contributed by atoms with Crippen molar-refractivity contribution in [1.29, 1.82) is 0 Å². The van der Waals surface area contributed by atoms with E-state index in [1.807, 2.05) is 6.92 Å². The topological polar surface area (TPSA) is 63.2 Å². The molecule has 0 spiro atoms. The molecule has 3 atom stereocenters. The Bertz CT molecular complexity index is 313. The maximum Gasteiger partial charge on any atom is 0.151 e. The monoisotopic (exact) mass is 239 g/mol. The van der Waals surface area contributed by atoms with Crippen LogP contribution in [0, 0.1) is 0 Å². The quantitative estimate of drug-likeness (QED) is 0.720. The van der Waals surface area contributed by atoms with Gasteiger partial charge in [0, 0.05) is 34.9 Å². The highest BCUT2D eigenvalue weighted by Gasteiger charge is 2.28. The van der Waals surface area contributed by atoms with Crippen molar-refractivity contribution in [3.05, 3.63) is 0 Å². The van der Waals surface area contributed by atoms with Crippen LogP contribution in [0.25, 0.3) is 0 Å². The molecule has 0 amide bonds. The molecule has 1 N–H and O–H groups in total. The van der Waals surface area contributed by atoms with E-state index in [9.17, 15) is 12.6 Å². The Hall–Kier alpha value is 0.0600. The first-order valence-electron chi connectivity index (χ1n) is 4.65. The van der Waals surface area contributed by atoms with Gasteiger partial charge in [-0.3, -0.25) is 4.21 Å². The van der Waals surface area contributed by atoms with Gasteiger partial charge in [-0.2, -0.15) is 0 Å². The number of sulfone groups is 1. The number of rotatable bonds is 4. The number of nitrogens with one attached hydrogen (secondary N) is 1. The molecule has 1 rings (SSSR count). The smallest absolute Gasteiger partial charge is 0.151 e. The molecule has 1 saturated heterocycles. The lowest BCUT2D eigenvalue weighted by Crippen LogP contribution is -2.40. The average Bonchev–Trinajstić information content (AvgIpc) is 2.27. The van der Waals surface area contributed by atoms with Crippen molar-refractivity contribution < 1.29 is 12.6 Å². The van der Waals surface area contributed by atoms with Crippen molar-refractivity contribution in [1.82, 2.24) is 5.32 Å². The fourth-order valence-corrected chi connectivity index (χ4v) is 4.22. The maximum atomic E-state index is 11.1. The van der Waals surface area contributed by atoms with Crippen LogP contribution in [-0.4, -0.2) is 48.2 Å². The standard InChI is InChI=1S/C8H17NO3S2/c1-7(5-13(2)10)9-8-3-4-14(11,12)6-8/h7-9H,3-6H2,1-2H3. The Labute approximate surface area is 87.8 Å². The van der Waals surface area contributed by atoms with Gasteiger partial charge in [0.15, 0.2) is 9.84 Å². The Morgan fingerprint density at radius 3 is 2.64 bits per heavy atom. The fraction of sp³-hybridized carbons (Fsp3) is 1.00. The van der Waals surface area contributed by atoms with Crippen molar-refractivity contribution >= 4 is 20.6 Å². The van der Waals surface area contributed by atoms with Crippen LogP contribution >= 0.6 is 0 Å². The largest absolute Gasteiger partial charge is 0.310 e. The Balaban J connectivity index is 2.36. The van der Waals surface area contributed by atoms with E-state index in [4.69, 9.17) is 0 Å². The molecule has 1 aliphatic rings. The van der Waals surface area contributed by atoms with Gasteiger partial charge in [0.25, 0.3) is 0 Å². The van der Waals surface area contributed by atoms with Crippen molar-refractivity contribution in [3.8, 4) is 0 Å². The fourth-order valence-electron chi connectivity index (χ4n) is 1.73. The molecule has 3 unspecified atom stereocenters. The predicted octanol–water partition coefficient (Wildman–Crippen LogP) is -0.470. The highest BCUT2D eigenvalue weighted by molar-refractivity contribution is 7.91. The van der Waals surface area contributed by atoms with Gasteiger partial charge in [0.2, 0.25) is 0 Å². The molecule has 1 heterocycles. The van der Waals surface area contributed by atoms with Crippen LogP contribution in [0.4, 0.5) is 0 Å². The molecule has 6 heteroatoms. The van der Waals surface area contributed by atoms with Gasteiger partial charge < -0.3 is 5.32 Å². The van der Waals surface area contributed by atoms with Crippen molar-refractivity contribution in [2.75, 3.05) is 23.5 Å². The summed E-state index contributed by atoms with van der Waals surface area (Å²) in [7, 11) is -3.63. The summed E-state index contributed by atoms with van der Waals surface area (Å²) in [5.74, 6) is 1.09. The summed E-state index contributed by atoms with van der Waals surface area (Å²) >= 11 is 0. The van der Waals surface area contributed by atoms with Gasteiger partial charge in [-0.15, -0.1) is 0 Å². The SMILES string of the molecule is CC(CS(C)=O)NC1CCS(=O)(=O)C1. The van der Waals surface area contributed by atoms with Crippen LogP contribution in [0.2, 0.25) is 0 Å². The first-order chi connectivity index (χ1) is 6.39. The van der Waals surface area contributed by atoms with E-state index in [0.29, 0.717) is 12.2 Å². The number of hydrogen-bond donors (Lipinski definition) is 1. The van der Waals surface area contributed by atoms with Crippen LogP contribution in [0.3, 0.4) is 0 Å². The molecule has 0 aliphatic carbocycles. The van der Waals surface area contributed by atoms with Crippen LogP contribution in [0.5, 0.6) is 0 Å². The van der Waals surface area contributed by atoms with Gasteiger partial charge in [0.05, 0.1) is 11.5 Å². The van der Waals surface area contributed by atoms with Gasteiger partial charge in [0.1, 0.15) is 0 Å². The van der Waals surface area contributed by atoms with Crippen LogP contribution < -0.4 is 5.32 Å². The Kier molecular flexibility index (Phi) is 4.09. The third kappa shape index (κ3) is 4.06. The molecule has 0 aromatic rings. The zero-order valence-electron chi connectivity index (χ0n) is 8.52. The molecule has 4 nitrogen and oxygen atoms in total. The van der Waals surface area contributed by atoms with Gasteiger partial charge in [-0.1, -0.05) is 0 Å². The lowest BCUT2D eigenvalue weighted by atomic mass is 10.2. The Morgan fingerprint density at radius 1 is 1.57 bits per heavy atom. The van der Waals surface area contributed by atoms with E-state index in [1.54, 1.807) is 6.26 Å². The van der Waals surface area contributed by atoms with E-state index in [1.165, 1.54) is 0 Å². The van der Waals surface area contributed by atoms with Crippen molar-refractivity contribution in [3.63, 3.8) is 0 Å². The summed E-state index contributed by atoms with van der Waals surface area (Å²) in [6.07, 6.45) is 2.34. The molecular formula is C8H17NO3S2. The van der Waals surface area contributed by atoms with E-state index >= 15 is 0 Å². The van der Waals surface area contributed by atoms with E-state index in [0.717, 1.165) is 0 Å². The summed E-state index contributed by atoms with van der Waals surface area (Å²) in [4.78, 5) is 0. The van der Waals surface area contributed by atoms with Crippen LogP contribution in [0.1, 0.15) is 13.3 Å². The summed E-state index contributed by atoms with van der Waals surface area (Å²) in [5.41, 5.74) is 0. The zero-order chi connectivity index (χ0) is 10.8. The van der Waals surface area contributed by atoms with Crippen LogP contribution in [-0.2, 0) is 20.6 Å². The summed E-state index contributed by atoms with van der Waals surface area (Å²) < 4.78 is 33.2. The molecule has 14 heavy (non-hydrogen) atoms. The molecule has 84 valence electrons. The highest BCUT2D eigenvalue weighted by atomic mass is 32.2. The lowest BCUT2D eigenvalue weighted by molar-refractivity contribution is 0.497. The van der Waals surface area contributed by atoms with Gasteiger partial charge >= 0.3 is 0 Å². The Morgan fingerprint density at radius 2 is 2.21 bits per heavy atom. The first kappa shape index (κ1) is 12.1. The second kappa shape index (κ2) is 4.72.